The van der Waals surface area contributed by atoms with Crippen molar-refractivity contribution in [1.29, 1.82) is 0 Å². The molecule has 4 N–H and O–H groups in total. The molecule has 0 radical (unpaired) electrons. The number of fused-ring (bicyclic) bond motifs is 2. The smallest absolute Gasteiger partial charge is 0.315 e. The fourth-order valence-corrected chi connectivity index (χ4v) is 6.43. The van der Waals surface area contributed by atoms with Crippen LogP contribution in [0.5, 0.6) is 0 Å². The summed E-state index contributed by atoms with van der Waals surface area (Å²) < 4.78 is 14.4. The largest absolute Gasteiger partial charge is 0.369 e. The predicted molar refractivity (Wildman–Crippen MR) is 140 cm³/mol. The Bertz CT molecular complexity index is 1320. The normalized spacial score (nSPS) is 24.5. The highest BCUT2D eigenvalue weighted by molar-refractivity contribution is 6.32. The zero-order chi connectivity index (χ0) is 25.0. The van der Waals surface area contributed by atoms with Crippen LogP contribution in [0.1, 0.15) is 49.1 Å². The Morgan fingerprint density at radius 1 is 1.03 bits per heavy atom. The van der Waals surface area contributed by atoms with Crippen LogP contribution in [0, 0.1) is 12.7 Å². The van der Waals surface area contributed by atoms with Crippen molar-refractivity contribution in [2.45, 2.75) is 63.1 Å². The average molecular weight is 509 g/mol. The van der Waals surface area contributed by atoms with Gasteiger partial charge in [-0.25, -0.2) is 9.18 Å². The summed E-state index contributed by atoms with van der Waals surface area (Å²) in [5, 5.41) is 16.8. The highest BCUT2D eigenvalue weighted by Gasteiger charge is 2.38. The summed E-state index contributed by atoms with van der Waals surface area (Å²) in [6, 6.07) is 9.41. The van der Waals surface area contributed by atoms with E-state index >= 15 is 0 Å². The molecule has 1 aliphatic carbocycles. The quantitative estimate of drug-likeness (QED) is 0.479. The molecule has 2 saturated heterocycles. The zero-order valence-corrected chi connectivity index (χ0v) is 21.0. The molecule has 3 heterocycles. The standard InChI is InChI=1S/C27H30ClFN6O/c1-14-8-16(10-17(29)9-14)25-26(35-6-4-18(30)5-7-35)20-12-19(21(28)13-23(20)33-34-25)15-2-3-22-24(11-15)32-27(36)31-22/h8-10,12-13,15,18,22,24H,2-7,11,30H2,1H3,(H2,31,32,36). The van der Waals surface area contributed by atoms with E-state index in [9.17, 15) is 9.18 Å². The molecule has 188 valence electrons. The number of nitrogens with two attached hydrogens (primary N) is 1. The van der Waals surface area contributed by atoms with E-state index < -0.39 is 0 Å². The van der Waals surface area contributed by atoms with Gasteiger partial charge in [-0.2, -0.15) is 0 Å². The van der Waals surface area contributed by atoms with Crippen LogP contribution in [0.4, 0.5) is 14.9 Å². The highest BCUT2D eigenvalue weighted by atomic mass is 35.5. The zero-order valence-electron chi connectivity index (χ0n) is 20.2. The monoisotopic (exact) mass is 508 g/mol. The van der Waals surface area contributed by atoms with E-state index in [1.54, 1.807) is 0 Å². The summed E-state index contributed by atoms with van der Waals surface area (Å²) in [6.07, 6.45) is 4.43. The van der Waals surface area contributed by atoms with Gasteiger partial charge in [0.2, 0.25) is 0 Å². The van der Waals surface area contributed by atoms with Gasteiger partial charge in [0.15, 0.2) is 0 Å². The number of benzene rings is 2. The molecule has 3 unspecified atom stereocenters. The molecule has 0 bridgehead atoms. The second-order valence-corrected chi connectivity index (χ2v) is 10.9. The van der Waals surface area contributed by atoms with Gasteiger partial charge >= 0.3 is 6.03 Å². The minimum Gasteiger partial charge on any atom is -0.369 e. The lowest BCUT2D eigenvalue weighted by molar-refractivity contribution is 0.247. The molecular weight excluding hydrogens is 479 g/mol. The predicted octanol–water partition coefficient (Wildman–Crippen LogP) is 4.64. The van der Waals surface area contributed by atoms with Gasteiger partial charge in [0.1, 0.15) is 11.5 Å². The summed E-state index contributed by atoms with van der Waals surface area (Å²) >= 11 is 6.81. The molecular formula is C27H30ClFN6O. The van der Waals surface area contributed by atoms with Crippen molar-refractivity contribution >= 4 is 34.2 Å². The Hall–Kier alpha value is -2.97. The summed E-state index contributed by atoms with van der Waals surface area (Å²) in [4.78, 5) is 14.2. The number of aromatic nitrogens is 2. The van der Waals surface area contributed by atoms with Crippen molar-refractivity contribution in [3.8, 4) is 11.3 Å². The van der Waals surface area contributed by atoms with Crippen molar-refractivity contribution in [2.24, 2.45) is 5.73 Å². The fourth-order valence-electron chi connectivity index (χ4n) is 6.12. The number of urea groups is 1. The average Bonchev–Trinajstić information content (AvgIpc) is 3.22. The Balaban J connectivity index is 1.49. The third kappa shape index (κ3) is 4.26. The number of carbonyl (C=O) groups excluding carboxylic acids is 1. The molecule has 3 atom stereocenters. The topological polar surface area (TPSA) is 96.2 Å². The number of piperidine rings is 1. The number of halogens is 2. The third-order valence-electron chi connectivity index (χ3n) is 7.95. The molecule has 3 aliphatic rings. The maximum atomic E-state index is 14.4. The summed E-state index contributed by atoms with van der Waals surface area (Å²) in [6.45, 7) is 3.48. The first-order valence-electron chi connectivity index (χ1n) is 12.7. The number of hydrogen-bond donors (Lipinski definition) is 3. The molecule has 2 aromatic carbocycles. The van der Waals surface area contributed by atoms with E-state index in [0.29, 0.717) is 16.3 Å². The lowest BCUT2D eigenvalue weighted by Crippen LogP contribution is -2.40. The van der Waals surface area contributed by atoms with Crippen LogP contribution in [-0.2, 0) is 0 Å². The van der Waals surface area contributed by atoms with Crippen LogP contribution in [-0.4, -0.2) is 47.4 Å². The molecule has 0 spiro atoms. The second-order valence-electron chi connectivity index (χ2n) is 10.5. The number of hydrogen-bond acceptors (Lipinski definition) is 5. The number of rotatable bonds is 3. The number of carbonyl (C=O) groups is 1. The summed E-state index contributed by atoms with van der Waals surface area (Å²) in [7, 11) is 0. The molecule has 2 amide bonds. The van der Waals surface area contributed by atoms with E-state index in [1.807, 2.05) is 19.1 Å². The van der Waals surface area contributed by atoms with E-state index in [-0.39, 0.29) is 35.9 Å². The van der Waals surface area contributed by atoms with Crippen LogP contribution >= 0.6 is 11.6 Å². The molecule has 2 aliphatic heterocycles. The maximum absolute atomic E-state index is 14.4. The molecule has 9 heteroatoms. The first kappa shape index (κ1) is 23.4. The Kier molecular flexibility index (Phi) is 5.96. The second kappa shape index (κ2) is 9.16. The van der Waals surface area contributed by atoms with Crippen LogP contribution in [0.2, 0.25) is 5.02 Å². The fraction of sp³-hybridized carbons (Fsp3) is 0.444. The van der Waals surface area contributed by atoms with E-state index in [4.69, 9.17) is 17.3 Å². The van der Waals surface area contributed by atoms with Gasteiger partial charge in [0, 0.05) is 35.1 Å². The minimum atomic E-state index is -0.292. The molecule has 3 aromatic rings. The summed E-state index contributed by atoms with van der Waals surface area (Å²) in [5.74, 6) is -0.0710. The van der Waals surface area contributed by atoms with Crippen LogP contribution in [0.15, 0.2) is 30.3 Å². The van der Waals surface area contributed by atoms with E-state index in [2.05, 4.69) is 31.8 Å². The van der Waals surface area contributed by atoms with Crippen LogP contribution in [0.25, 0.3) is 22.2 Å². The molecule has 1 aromatic heterocycles. The van der Waals surface area contributed by atoms with Crippen LogP contribution < -0.4 is 21.3 Å². The first-order valence-corrected chi connectivity index (χ1v) is 13.1. The van der Waals surface area contributed by atoms with Crippen molar-refractivity contribution < 1.29 is 9.18 Å². The van der Waals surface area contributed by atoms with Crippen molar-refractivity contribution in [3.63, 3.8) is 0 Å². The van der Waals surface area contributed by atoms with Gasteiger partial charge in [-0.1, -0.05) is 11.6 Å². The van der Waals surface area contributed by atoms with Gasteiger partial charge in [-0.05, 0) is 86.4 Å². The van der Waals surface area contributed by atoms with E-state index in [1.165, 1.54) is 12.1 Å². The van der Waals surface area contributed by atoms with Gasteiger partial charge in [-0.3, -0.25) is 0 Å². The molecule has 1 saturated carbocycles. The third-order valence-corrected chi connectivity index (χ3v) is 8.27. The summed E-state index contributed by atoms with van der Waals surface area (Å²) in [5.41, 5.74) is 11.2. The van der Waals surface area contributed by atoms with Crippen molar-refractivity contribution in [2.75, 3.05) is 18.0 Å². The van der Waals surface area contributed by atoms with Crippen LogP contribution in [0.3, 0.4) is 0 Å². The molecule has 36 heavy (non-hydrogen) atoms. The van der Waals surface area contributed by atoms with E-state index in [0.717, 1.165) is 72.9 Å². The Morgan fingerprint density at radius 2 is 1.81 bits per heavy atom. The number of amides is 2. The molecule has 3 fully saturated rings. The lowest BCUT2D eigenvalue weighted by Gasteiger charge is -2.34. The number of nitrogens with zero attached hydrogens (tertiary/aromatic N) is 3. The van der Waals surface area contributed by atoms with Gasteiger partial charge in [0.25, 0.3) is 0 Å². The van der Waals surface area contributed by atoms with Crippen molar-refractivity contribution in [3.05, 3.63) is 52.3 Å². The molecule has 6 rings (SSSR count). The van der Waals surface area contributed by atoms with Gasteiger partial charge in [-0.15, -0.1) is 10.2 Å². The maximum Gasteiger partial charge on any atom is 0.315 e. The number of aryl methyl sites for hydroxylation is 1. The SMILES string of the molecule is Cc1cc(F)cc(-c2nnc3cc(Cl)c(C4CCC5NC(=O)NC5C4)cc3c2N2CCC(N)CC2)c1. The Morgan fingerprint density at radius 3 is 2.58 bits per heavy atom. The minimum absolute atomic E-state index is 0.0915. The number of anilines is 1. The van der Waals surface area contributed by atoms with Crippen molar-refractivity contribution in [1.82, 2.24) is 20.8 Å². The lowest BCUT2D eigenvalue weighted by atomic mass is 9.79. The first-order chi connectivity index (χ1) is 17.4. The van der Waals surface area contributed by atoms with Gasteiger partial charge < -0.3 is 21.3 Å². The molecule has 7 nitrogen and oxygen atoms in total. The highest BCUT2D eigenvalue weighted by Crippen LogP contribution is 2.43. The van der Waals surface area contributed by atoms with Gasteiger partial charge in [0.05, 0.1) is 23.3 Å². The number of nitrogens with one attached hydrogen (secondary N) is 2. The Labute approximate surface area is 214 Å².